The molecular weight excluding hydrogens is 467 g/mol. The van der Waals surface area contributed by atoms with Gasteiger partial charge in [0, 0.05) is 35.4 Å². The molecule has 3 N–H and O–H groups in total. The summed E-state index contributed by atoms with van der Waals surface area (Å²) < 4.78 is 14.0. The van der Waals surface area contributed by atoms with E-state index in [9.17, 15) is 18.8 Å². The lowest BCUT2D eigenvalue weighted by Gasteiger charge is -2.33. The fourth-order valence-corrected chi connectivity index (χ4v) is 3.84. The lowest BCUT2D eigenvalue weighted by atomic mass is 9.98. The van der Waals surface area contributed by atoms with Gasteiger partial charge in [-0.15, -0.1) is 0 Å². The average molecular weight is 491 g/mol. The Morgan fingerprint density at radius 1 is 1.10 bits per heavy atom. The summed E-state index contributed by atoms with van der Waals surface area (Å²) in [6, 6.07) is 12.2. The Labute approximate surface area is 188 Å². The molecule has 9 heteroatoms. The topological polar surface area (TPSA) is 90.5 Å². The van der Waals surface area contributed by atoms with Gasteiger partial charge in [0.15, 0.2) is 0 Å². The number of nitrogens with zero attached hydrogens (tertiary/aromatic N) is 1. The van der Waals surface area contributed by atoms with Gasteiger partial charge in [-0.2, -0.15) is 0 Å². The van der Waals surface area contributed by atoms with Crippen molar-refractivity contribution in [3.8, 4) is 0 Å². The zero-order valence-electron chi connectivity index (χ0n) is 16.9. The maximum atomic E-state index is 13.2. The molecule has 1 heterocycles. The molecule has 1 aliphatic heterocycles. The van der Waals surface area contributed by atoms with Gasteiger partial charge in [-0.25, -0.2) is 9.18 Å². The molecule has 1 saturated heterocycles. The average Bonchev–Trinajstić information content (AvgIpc) is 2.76. The third kappa shape index (κ3) is 7.06. The zero-order valence-corrected chi connectivity index (χ0v) is 18.5. The van der Waals surface area contributed by atoms with Crippen LogP contribution < -0.4 is 16.0 Å². The molecular formula is C22H24BrFN4O3. The minimum atomic E-state index is -0.425. The number of nitrogens with one attached hydrogen (secondary N) is 3. The van der Waals surface area contributed by atoms with E-state index in [4.69, 9.17) is 0 Å². The van der Waals surface area contributed by atoms with Crippen molar-refractivity contribution in [3.05, 3.63) is 64.4 Å². The van der Waals surface area contributed by atoms with E-state index in [1.54, 1.807) is 29.2 Å². The maximum absolute atomic E-state index is 13.2. The van der Waals surface area contributed by atoms with Crippen LogP contribution in [-0.2, 0) is 4.79 Å². The Balaban J connectivity index is 1.42. The van der Waals surface area contributed by atoms with Crippen molar-refractivity contribution in [1.29, 1.82) is 0 Å². The molecule has 1 atom stereocenters. The zero-order chi connectivity index (χ0) is 22.2. The number of rotatable bonds is 6. The summed E-state index contributed by atoms with van der Waals surface area (Å²) in [4.78, 5) is 38.5. The van der Waals surface area contributed by atoms with Gasteiger partial charge >= 0.3 is 6.03 Å². The van der Waals surface area contributed by atoms with E-state index in [0.29, 0.717) is 30.9 Å². The first-order chi connectivity index (χ1) is 14.9. The number of anilines is 1. The largest absolute Gasteiger partial charge is 0.343 e. The van der Waals surface area contributed by atoms with Crippen LogP contribution in [0.4, 0.5) is 14.9 Å². The molecule has 0 spiro atoms. The van der Waals surface area contributed by atoms with E-state index in [0.717, 1.165) is 17.3 Å². The summed E-state index contributed by atoms with van der Waals surface area (Å²) in [6.07, 6.45) is 1.71. The van der Waals surface area contributed by atoms with Gasteiger partial charge in [0.05, 0.1) is 6.54 Å². The Bertz CT molecular complexity index is 956. The second-order valence-electron chi connectivity index (χ2n) is 7.39. The van der Waals surface area contributed by atoms with E-state index < -0.39 is 11.8 Å². The number of hydrogen-bond donors (Lipinski definition) is 3. The summed E-state index contributed by atoms with van der Waals surface area (Å²) in [6.45, 7) is 1.45. The Morgan fingerprint density at radius 2 is 1.90 bits per heavy atom. The lowest BCUT2D eigenvalue weighted by Crippen LogP contribution is -2.47. The van der Waals surface area contributed by atoms with Crippen molar-refractivity contribution in [2.24, 2.45) is 5.92 Å². The van der Waals surface area contributed by atoms with Crippen molar-refractivity contribution in [2.45, 2.75) is 12.8 Å². The van der Waals surface area contributed by atoms with Gasteiger partial charge in [-0.1, -0.05) is 28.1 Å². The molecule has 2 aromatic carbocycles. The van der Waals surface area contributed by atoms with Crippen LogP contribution in [0.25, 0.3) is 0 Å². The van der Waals surface area contributed by atoms with Crippen molar-refractivity contribution in [2.75, 3.05) is 31.5 Å². The molecule has 1 unspecified atom stereocenters. The van der Waals surface area contributed by atoms with Gasteiger partial charge in [0.2, 0.25) is 5.91 Å². The number of benzene rings is 2. The predicted octanol–water partition coefficient (Wildman–Crippen LogP) is 3.38. The van der Waals surface area contributed by atoms with Gasteiger partial charge in [-0.3, -0.25) is 9.59 Å². The minimum Gasteiger partial charge on any atom is -0.343 e. The Morgan fingerprint density at radius 3 is 2.68 bits per heavy atom. The molecule has 1 aliphatic rings. The van der Waals surface area contributed by atoms with E-state index >= 15 is 0 Å². The molecule has 3 rings (SSSR count). The van der Waals surface area contributed by atoms with Crippen LogP contribution in [0.2, 0.25) is 0 Å². The van der Waals surface area contributed by atoms with Crippen molar-refractivity contribution < 1.29 is 18.8 Å². The number of carbonyl (C=O) groups excluding carboxylic acids is 3. The highest BCUT2D eigenvalue weighted by atomic mass is 79.9. The first-order valence-corrected chi connectivity index (χ1v) is 10.8. The molecule has 0 aliphatic carbocycles. The van der Waals surface area contributed by atoms with Crippen LogP contribution >= 0.6 is 15.9 Å². The Hall–Kier alpha value is -2.94. The van der Waals surface area contributed by atoms with E-state index in [1.807, 2.05) is 6.07 Å². The predicted molar refractivity (Wildman–Crippen MR) is 119 cm³/mol. The van der Waals surface area contributed by atoms with Crippen molar-refractivity contribution in [3.63, 3.8) is 0 Å². The fraction of sp³-hybridized carbons (Fsp3) is 0.318. The first kappa shape index (κ1) is 22.7. The SMILES string of the molecule is O=C(NCC1CCCN(C(=O)CNC(=O)c2cccc(Br)c2)C1)Nc1cccc(F)c1. The summed E-state index contributed by atoms with van der Waals surface area (Å²) in [7, 11) is 0. The minimum absolute atomic E-state index is 0.0778. The van der Waals surface area contributed by atoms with Gasteiger partial charge in [-0.05, 0) is 55.2 Å². The number of amides is 4. The van der Waals surface area contributed by atoms with Crippen LogP contribution in [0.5, 0.6) is 0 Å². The summed E-state index contributed by atoms with van der Waals surface area (Å²) in [5.74, 6) is -0.779. The lowest BCUT2D eigenvalue weighted by molar-refractivity contribution is -0.131. The summed E-state index contributed by atoms with van der Waals surface area (Å²) >= 11 is 3.32. The first-order valence-electron chi connectivity index (χ1n) is 10.0. The standard InChI is InChI=1S/C22H24BrFN4O3/c23-17-6-1-5-16(10-17)21(30)25-13-20(29)28-9-3-4-15(14-28)12-26-22(31)27-19-8-2-7-18(24)11-19/h1-2,5-8,10-11,15H,3-4,9,12-14H2,(H,25,30)(H2,26,27,31). The molecule has 2 aromatic rings. The molecule has 31 heavy (non-hydrogen) atoms. The number of halogens is 2. The second kappa shape index (κ2) is 10.9. The number of likely N-dealkylation sites (tertiary alicyclic amines) is 1. The molecule has 0 saturated carbocycles. The van der Waals surface area contributed by atoms with Crippen LogP contribution in [0, 0.1) is 11.7 Å². The highest BCUT2D eigenvalue weighted by molar-refractivity contribution is 9.10. The smallest absolute Gasteiger partial charge is 0.319 e. The van der Waals surface area contributed by atoms with Crippen molar-refractivity contribution in [1.82, 2.24) is 15.5 Å². The maximum Gasteiger partial charge on any atom is 0.319 e. The molecule has 0 aromatic heterocycles. The van der Waals surface area contributed by atoms with Crippen LogP contribution in [0.1, 0.15) is 23.2 Å². The molecule has 1 fully saturated rings. The highest BCUT2D eigenvalue weighted by Crippen LogP contribution is 2.16. The van der Waals surface area contributed by atoms with E-state index in [-0.39, 0.29) is 24.3 Å². The third-order valence-electron chi connectivity index (χ3n) is 4.99. The quantitative estimate of drug-likeness (QED) is 0.579. The molecule has 4 amide bonds. The van der Waals surface area contributed by atoms with E-state index in [1.165, 1.54) is 18.2 Å². The molecule has 164 valence electrons. The van der Waals surface area contributed by atoms with Crippen LogP contribution in [0.3, 0.4) is 0 Å². The number of piperidine rings is 1. The van der Waals surface area contributed by atoms with Gasteiger partial charge < -0.3 is 20.9 Å². The molecule has 0 bridgehead atoms. The summed E-state index contributed by atoms with van der Waals surface area (Å²) in [5, 5.41) is 8.02. The molecule has 7 nitrogen and oxygen atoms in total. The van der Waals surface area contributed by atoms with E-state index in [2.05, 4.69) is 31.9 Å². The third-order valence-corrected chi connectivity index (χ3v) is 5.49. The summed E-state index contributed by atoms with van der Waals surface area (Å²) in [5.41, 5.74) is 0.853. The van der Waals surface area contributed by atoms with Crippen LogP contribution in [0.15, 0.2) is 53.0 Å². The highest BCUT2D eigenvalue weighted by Gasteiger charge is 2.24. The Kier molecular flexibility index (Phi) is 8.00. The number of carbonyl (C=O) groups is 3. The fourth-order valence-electron chi connectivity index (χ4n) is 3.44. The van der Waals surface area contributed by atoms with Crippen molar-refractivity contribution >= 4 is 39.5 Å². The normalized spacial score (nSPS) is 15.8. The molecule has 0 radical (unpaired) electrons. The van der Waals surface area contributed by atoms with Gasteiger partial charge in [0.1, 0.15) is 5.82 Å². The van der Waals surface area contributed by atoms with Gasteiger partial charge in [0.25, 0.3) is 5.91 Å². The number of hydrogen-bond acceptors (Lipinski definition) is 3. The van der Waals surface area contributed by atoms with Crippen LogP contribution in [-0.4, -0.2) is 48.9 Å². The second-order valence-corrected chi connectivity index (χ2v) is 8.30. The monoisotopic (exact) mass is 490 g/mol. The number of urea groups is 1.